The lowest BCUT2D eigenvalue weighted by Crippen LogP contribution is -2.37. The minimum Gasteiger partial charge on any atom is -0.444 e. The van der Waals surface area contributed by atoms with Gasteiger partial charge < -0.3 is 14.2 Å². The molecule has 0 aliphatic heterocycles. The van der Waals surface area contributed by atoms with Crippen molar-refractivity contribution in [1.82, 2.24) is 19.4 Å². The number of amides is 1. The van der Waals surface area contributed by atoms with Gasteiger partial charge in [0.2, 0.25) is 0 Å². The molecule has 6 nitrogen and oxygen atoms in total. The second-order valence-corrected chi connectivity index (χ2v) is 8.34. The standard InChI is InChI=1S/C20H25BrN4O2/c1-6-24(19(26)27-20(3,4)5)12-17-23-16-11-22-15-10-13(21)8-9-14(15)18(16)25(17)7-2/h8-11H,6-7,12H2,1-5H3. The SMILES string of the molecule is CCN(Cc1nc2cnc3cc(Br)ccc3c2n1CC)C(=O)OC(C)(C)C. The molecule has 2 heterocycles. The van der Waals surface area contributed by atoms with Crippen molar-refractivity contribution in [2.75, 3.05) is 6.54 Å². The Morgan fingerprint density at radius 1 is 1.26 bits per heavy atom. The molecule has 0 N–H and O–H groups in total. The third kappa shape index (κ3) is 4.08. The average Bonchev–Trinajstić information content (AvgIpc) is 2.95. The number of imidazole rings is 1. The molecular weight excluding hydrogens is 408 g/mol. The summed E-state index contributed by atoms with van der Waals surface area (Å²) in [5.74, 6) is 0.831. The first-order valence-electron chi connectivity index (χ1n) is 9.14. The average molecular weight is 433 g/mol. The molecule has 3 aromatic rings. The second kappa shape index (κ2) is 7.46. The Balaban J connectivity index is 2.04. The van der Waals surface area contributed by atoms with Crippen LogP contribution in [0.15, 0.2) is 28.9 Å². The van der Waals surface area contributed by atoms with Crippen molar-refractivity contribution in [3.05, 3.63) is 34.7 Å². The second-order valence-electron chi connectivity index (χ2n) is 7.42. The van der Waals surface area contributed by atoms with Gasteiger partial charge in [0.15, 0.2) is 0 Å². The molecule has 0 atom stereocenters. The first kappa shape index (κ1) is 19.6. The largest absolute Gasteiger partial charge is 0.444 e. The van der Waals surface area contributed by atoms with Crippen LogP contribution in [0.5, 0.6) is 0 Å². The van der Waals surface area contributed by atoms with E-state index in [1.165, 1.54) is 0 Å². The van der Waals surface area contributed by atoms with Crippen LogP contribution in [0.2, 0.25) is 0 Å². The highest BCUT2D eigenvalue weighted by Crippen LogP contribution is 2.27. The van der Waals surface area contributed by atoms with Crippen LogP contribution >= 0.6 is 15.9 Å². The molecule has 0 spiro atoms. The molecule has 2 aromatic heterocycles. The van der Waals surface area contributed by atoms with Gasteiger partial charge in [0.25, 0.3) is 0 Å². The van der Waals surface area contributed by atoms with Crippen molar-refractivity contribution in [2.45, 2.75) is 53.3 Å². The number of aryl methyl sites for hydroxylation is 1. The van der Waals surface area contributed by atoms with Crippen LogP contribution < -0.4 is 0 Å². The summed E-state index contributed by atoms with van der Waals surface area (Å²) >= 11 is 3.50. The van der Waals surface area contributed by atoms with Crippen molar-refractivity contribution in [3.8, 4) is 0 Å². The fourth-order valence-electron chi connectivity index (χ4n) is 3.10. The highest BCUT2D eigenvalue weighted by Gasteiger charge is 2.23. The van der Waals surface area contributed by atoms with Crippen LogP contribution in [0.25, 0.3) is 21.9 Å². The number of pyridine rings is 1. The van der Waals surface area contributed by atoms with Crippen molar-refractivity contribution in [1.29, 1.82) is 0 Å². The predicted molar refractivity (Wildman–Crippen MR) is 111 cm³/mol. The molecule has 0 aliphatic rings. The third-order valence-electron chi connectivity index (χ3n) is 4.30. The summed E-state index contributed by atoms with van der Waals surface area (Å²) < 4.78 is 8.67. The van der Waals surface area contributed by atoms with E-state index in [1.807, 2.05) is 39.8 Å². The van der Waals surface area contributed by atoms with E-state index in [0.717, 1.165) is 38.8 Å². The first-order chi connectivity index (χ1) is 12.7. The van der Waals surface area contributed by atoms with E-state index in [-0.39, 0.29) is 6.09 Å². The van der Waals surface area contributed by atoms with E-state index < -0.39 is 5.60 Å². The number of rotatable bonds is 4. The topological polar surface area (TPSA) is 60.2 Å². The molecule has 1 aromatic carbocycles. The zero-order valence-corrected chi connectivity index (χ0v) is 18.0. The quantitative estimate of drug-likeness (QED) is 0.573. The Kier molecular flexibility index (Phi) is 5.42. The predicted octanol–water partition coefficient (Wildman–Crippen LogP) is 5.12. The number of carbonyl (C=O) groups excluding carboxylic acids is 1. The fourth-order valence-corrected chi connectivity index (χ4v) is 3.45. The summed E-state index contributed by atoms with van der Waals surface area (Å²) in [5, 5.41) is 1.05. The lowest BCUT2D eigenvalue weighted by atomic mass is 10.2. The molecule has 27 heavy (non-hydrogen) atoms. The smallest absolute Gasteiger partial charge is 0.410 e. The molecule has 3 rings (SSSR count). The van der Waals surface area contributed by atoms with Gasteiger partial charge in [-0.15, -0.1) is 0 Å². The van der Waals surface area contributed by atoms with E-state index in [1.54, 1.807) is 11.1 Å². The molecule has 0 saturated heterocycles. The number of hydrogen-bond donors (Lipinski definition) is 0. The number of benzene rings is 1. The molecule has 0 aliphatic carbocycles. The van der Waals surface area contributed by atoms with Crippen molar-refractivity contribution >= 4 is 44.0 Å². The molecule has 0 bridgehead atoms. The van der Waals surface area contributed by atoms with Crippen LogP contribution in [0.3, 0.4) is 0 Å². The number of carbonyl (C=O) groups is 1. The van der Waals surface area contributed by atoms with Gasteiger partial charge in [0.1, 0.15) is 16.9 Å². The van der Waals surface area contributed by atoms with E-state index in [0.29, 0.717) is 13.1 Å². The zero-order valence-electron chi connectivity index (χ0n) is 16.4. The first-order valence-corrected chi connectivity index (χ1v) is 9.94. The van der Waals surface area contributed by atoms with E-state index in [9.17, 15) is 4.79 Å². The minimum absolute atomic E-state index is 0.327. The Bertz CT molecular complexity index is 991. The number of halogens is 1. The van der Waals surface area contributed by atoms with Crippen molar-refractivity contribution in [3.63, 3.8) is 0 Å². The maximum atomic E-state index is 12.5. The van der Waals surface area contributed by atoms with E-state index in [4.69, 9.17) is 9.72 Å². The Morgan fingerprint density at radius 2 is 2.00 bits per heavy atom. The van der Waals surface area contributed by atoms with E-state index in [2.05, 4.69) is 38.5 Å². The van der Waals surface area contributed by atoms with Crippen LogP contribution in [-0.2, 0) is 17.8 Å². The Morgan fingerprint density at radius 3 is 2.63 bits per heavy atom. The molecule has 0 saturated carbocycles. The summed E-state index contributed by atoms with van der Waals surface area (Å²) in [4.78, 5) is 23.5. The number of ether oxygens (including phenoxy) is 1. The van der Waals surface area contributed by atoms with Gasteiger partial charge in [-0.3, -0.25) is 4.98 Å². The minimum atomic E-state index is -0.525. The maximum Gasteiger partial charge on any atom is 0.410 e. The number of hydrogen-bond acceptors (Lipinski definition) is 4. The summed E-state index contributed by atoms with van der Waals surface area (Å²) in [6, 6.07) is 6.06. The molecule has 144 valence electrons. The van der Waals surface area contributed by atoms with Crippen LogP contribution in [0, 0.1) is 0 Å². The van der Waals surface area contributed by atoms with Gasteiger partial charge in [-0.2, -0.15) is 0 Å². The lowest BCUT2D eigenvalue weighted by Gasteiger charge is -2.26. The highest BCUT2D eigenvalue weighted by atomic mass is 79.9. The van der Waals surface area contributed by atoms with Crippen LogP contribution in [0.1, 0.15) is 40.4 Å². The highest BCUT2D eigenvalue weighted by molar-refractivity contribution is 9.10. The number of nitrogens with zero attached hydrogens (tertiary/aromatic N) is 4. The molecule has 0 radical (unpaired) electrons. The summed E-state index contributed by atoms with van der Waals surface area (Å²) in [6.07, 6.45) is 1.47. The van der Waals surface area contributed by atoms with Gasteiger partial charge in [-0.05, 0) is 52.8 Å². The monoisotopic (exact) mass is 432 g/mol. The Labute approximate surface area is 167 Å². The normalized spacial score (nSPS) is 11.9. The van der Waals surface area contributed by atoms with Gasteiger partial charge in [-0.1, -0.05) is 15.9 Å². The molecule has 0 unspecified atom stereocenters. The van der Waals surface area contributed by atoms with Crippen molar-refractivity contribution in [2.24, 2.45) is 0 Å². The van der Waals surface area contributed by atoms with Crippen LogP contribution in [-0.4, -0.2) is 37.7 Å². The van der Waals surface area contributed by atoms with Crippen LogP contribution in [0.4, 0.5) is 4.79 Å². The molecule has 0 fully saturated rings. The fraction of sp³-hybridized carbons (Fsp3) is 0.450. The Hall–Kier alpha value is -2.15. The molecule has 7 heteroatoms. The number of fused-ring (bicyclic) bond motifs is 3. The number of aromatic nitrogens is 3. The summed E-state index contributed by atoms with van der Waals surface area (Å²) in [6.45, 7) is 11.3. The van der Waals surface area contributed by atoms with E-state index >= 15 is 0 Å². The lowest BCUT2D eigenvalue weighted by molar-refractivity contribution is 0.0238. The third-order valence-corrected chi connectivity index (χ3v) is 4.79. The van der Waals surface area contributed by atoms with Gasteiger partial charge in [0.05, 0.1) is 23.8 Å². The molecule has 1 amide bonds. The van der Waals surface area contributed by atoms with Crippen molar-refractivity contribution < 1.29 is 9.53 Å². The zero-order chi connectivity index (χ0) is 19.8. The summed E-state index contributed by atoms with van der Waals surface area (Å²) in [7, 11) is 0. The van der Waals surface area contributed by atoms with Gasteiger partial charge in [0, 0.05) is 22.9 Å². The van der Waals surface area contributed by atoms with Gasteiger partial charge >= 0.3 is 6.09 Å². The summed E-state index contributed by atoms with van der Waals surface area (Å²) in [5.41, 5.74) is 2.27. The van der Waals surface area contributed by atoms with Gasteiger partial charge in [-0.25, -0.2) is 9.78 Å². The molecular formula is C20H25BrN4O2. The maximum absolute atomic E-state index is 12.5.